The number of carbonyl (C=O) groups is 1. The fraction of sp³-hybridized carbons (Fsp3) is 0. The summed E-state index contributed by atoms with van der Waals surface area (Å²) in [6.07, 6.45) is 0. The molecule has 0 bridgehead atoms. The standard InChI is InChI=1S/C21H19N5O3/c22-19(23)12-1-5-14(6-2-12)28-16-9-10-17(21(26)27)18(11-16)29-15-7-3-13(4-8-15)20(24)25/h1-11H,(H3,22,23)(H3,24,25)(H2,26,27). The van der Waals surface area contributed by atoms with E-state index in [9.17, 15) is 4.79 Å². The minimum atomic E-state index is -0.641. The molecule has 8 nitrogen and oxygen atoms in total. The highest BCUT2D eigenvalue weighted by Gasteiger charge is 2.13. The molecule has 0 radical (unpaired) electrons. The Bertz CT molecular complexity index is 1080. The van der Waals surface area contributed by atoms with Crippen LogP contribution in [0.3, 0.4) is 0 Å². The van der Waals surface area contributed by atoms with Crippen LogP contribution in [0.25, 0.3) is 0 Å². The van der Waals surface area contributed by atoms with Crippen molar-refractivity contribution < 1.29 is 14.3 Å². The number of nitrogens with one attached hydrogen (secondary N) is 2. The van der Waals surface area contributed by atoms with Crippen LogP contribution in [0.5, 0.6) is 23.0 Å². The zero-order chi connectivity index (χ0) is 21.0. The molecule has 3 aromatic rings. The Hall–Kier alpha value is -4.33. The normalized spacial score (nSPS) is 10.2. The Morgan fingerprint density at radius 1 is 0.655 bits per heavy atom. The van der Waals surface area contributed by atoms with Crippen molar-refractivity contribution in [3.63, 3.8) is 0 Å². The third kappa shape index (κ3) is 4.69. The van der Waals surface area contributed by atoms with Crippen LogP contribution >= 0.6 is 0 Å². The van der Waals surface area contributed by atoms with Gasteiger partial charge in [0.25, 0.3) is 5.91 Å². The number of carbonyl (C=O) groups excluding carboxylic acids is 1. The molecule has 0 unspecified atom stereocenters. The van der Waals surface area contributed by atoms with Crippen molar-refractivity contribution in [3.8, 4) is 23.0 Å². The van der Waals surface area contributed by atoms with Crippen LogP contribution in [0.4, 0.5) is 0 Å². The van der Waals surface area contributed by atoms with Gasteiger partial charge in [-0.3, -0.25) is 15.6 Å². The molecule has 3 rings (SSSR count). The summed E-state index contributed by atoms with van der Waals surface area (Å²) in [5, 5.41) is 14.8. The molecule has 29 heavy (non-hydrogen) atoms. The predicted molar refractivity (Wildman–Crippen MR) is 110 cm³/mol. The molecule has 0 fully saturated rings. The maximum Gasteiger partial charge on any atom is 0.252 e. The molecule has 0 aliphatic heterocycles. The second-order valence-electron chi connectivity index (χ2n) is 6.10. The monoisotopic (exact) mass is 389 g/mol. The highest BCUT2D eigenvalue weighted by molar-refractivity contribution is 5.96. The van der Waals surface area contributed by atoms with Crippen LogP contribution < -0.4 is 26.7 Å². The van der Waals surface area contributed by atoms with Crippen molar-refractivity contribution in [2.75, 3.05) is 0 Å². The number of amides is 1. The van der Waals surface area contributed by atoms with Crippen LogP contribution in [0.2, 0.25) is 0 Å². The summed E-state index contributed by atoms with van der Waals surface area (Å²) in [6.45, 7) is 0. The Balaban J connectivity index is 1.86. The lowest BCUT2D eigenvalue weighted by atomic mass is 10.1. The summed E-state index contributed by atoms with van der Waals surface area (Å²) in [4.78, 5) is 11.8. The van der Waals surface area contributed by atoms with Gasteiger partial charge in [-0.1, -0.05) is 0 Å². The van der Waals surface area contributed by atoms with Gasteiger partial charge in [0.05, 0.1) is 5.56 Å². The van der Waals surface area contributed by atoms with Gasteiger partial charge in [-0.2, -0.15) is 0 Å². The van der Waals surface area contributed by atoms with Crippen molar-refractivity contribution in [3.05, 3.63) is 83.4 Å². The summed E-state index contributed by atoms with van der Waals surface area (Å²) < 4.78 is 11.6. The third-order valence-corrected chi connectivity index (χ3v) is 4.01. The van der Waals surface area contributed by atoms with Crippen LogP contribution in [0, 0.1) is 10.8 Å². The second kappa shape index (κ2) is 8.13. The first kappa shape index (κ1) is 19.4. The van der Waals surface area contributed by atoms with Crippen molar-refractivity contribution >= 4 is 17.6 Å². The number of benzene rings is 3. The first-order chi connectivity index (χ1) is 13.8. The van der Waals surface area contributed by atoms with Gasteiger partial charge >= 0.3 is 0 Å². The number of rotatable bonds is 7. The minimum Gasteiger partial charge on any atom is -0.457 e. The summed E-state index contributed by atoms with van der Waals surface area (Å²) >= 11 is 0. The van der Waals surface area contributed by atoms with Gasteiger partial charge in [0, 0.05) is 17.2 Å². The second-order valence-corrected chi connectivity index (χ2v) is 6.10. The number of ether oxygens (including phenoxy) is 2. The van der Waals surface area contributed by atoms with Gasteiger partial charge in [-0.05, 0) is 60.7 Å². The number of amidine groups is 2. The van der Waals surface area contributed by atoms with E-state index >= 15 is 0 Å². The zero-order valence-corrected chi connectivity index (χ0v) is 15.3. The number of nitrogen functional groups attached to an aromatic ring is 2. The van der Waals surface area contributed by atoms with E-state index in [1.165, 1.54) is 6.07 Å². The van der Waals surface area contributed by atoms with E-state index in [1.54, 1.807) is 60.7 Å². The lowest BCUT2D eigenvalue weighted by molar-refractivity contribution is 0.0998. The lowest BCUT2D eigenvalue weighted by Crippen LogP contribution is -2.12. The van der Waals surface area contributed by atoms with Crippen molar-refractivity contribution in [2.24, 2.45) is 17.2 Å². The summed E-state index contributed by atoms with van der Waals surface area (Å²) in [5.41, 5.74) is 17.7. The van der Waals surface area contributed by atoms with Gasteiger partial charge in [-0.25, -0.2) is 0 Å². The molecular weight excluding hydrogens is 370 g/mol. The number of nitrogens with two attached hydrogens (primary N) is 3. The van der Waals surface area contributed by atoms with Gasteiger partial charge in [0.2, 0.25) is 0 Å². The molecule has 0 aliphatic rings. The maximum absolute atomic E-state index is 11.8. The number of hydrogen-bond donors (Lipinski definition) is 5. The SMILES string of the molecule is N=C(N)c1ccc(Oc2ccc(C(N)=O)c(Oc3ccc(C(=N)N)cc3)c2)cc1. The van der Waals surface area contributed by atoms with E-state index < -0.39 is 5.91 Å². The smallest absolute Gasteiger partial charge is 0.252 e. The zero-order valence-electron chi connectivity index (χ0n) is 15.3. The van der Waals surface area contributed by atoms with E-state index in [0.717, 1.165) is 0 Å². The molecule has 0 aromatic heterocycles. The topological polar surface area (TPSA) is 161 Å². The van der Waals surface area contributed by atoms with E-state index in [2.05, 4.69) is 0 Å². The van der Waals surface area contributed by atoms with E-state index in [1.807, 2.05) is 0 Å². The van der Waals surface area contributed by atoms with Gasteiger partial charge in [0.15, 0.2) is 0 Å². The molecule has 0 saturated carbocycles. The van der Waals surface area contributed by atoms with Crippen molar-refractivity contribution in [1.29, 1.82) is 10.8 Å². The molecule has 1 amide bonds. The maximum atomic E-state index is 11.8. The molecule has 0 heterocycles. The molecule has 3 aromatic carbocycles. The van der Waals surface area contributed by atoms with Gasteiger partial charge in [0.1, 0.15) is 34.7 Å². The molecule has 0 spiro atoms. The van der Waals surface area contributed by atoms with Gasteiger partial charge in [-0.15, -0.1) is 0 Å². The summed E-state index contributed by atoms with van der Waals surface area (Å²) in [6, 6.07) is 17.9. The van der Waals surface area contributed by atoms with E-state index in [4.69, 9.17) is 37.5 Å². The fourth-order valence-corrected chi connectivity index (χ4v) is 2.52. The average Bonchev–Trinajstić information content (AvgIpc) is 2.69. The van der Waals surface area contributed by atoms with Crippen LogP contribution in [0.15, 0.2) is 66.7 Å². The number of hydrogen-bond acceptors (Lipinski definition) is 5. The summed E-state index contributed by atoms with van der Waals surface area (Å²) in [7, 11) is 0. The first-order valence-electron chi connectivity index (χ1n) is 8.52. The van der Waals surface area contributed by atoms with Crippen LogP contribution in [-0.4, -0.2) is 17.6 Å². The summed E-state index contributed by atoms with van der Waals surface area (Å²) in [5.74, 6) is 0.901. The van der Waals surface area contributed by atoms with Crippen LogP contribution in [-0.2, 0) is 0 Å². The molecule has 0 aliphatic carbocycles. The highest BCUT2D eigenvalue weighted by Crippen LogP contribution is 2.32. The van der Waals surface area contributed by atoms with Crippen molar-refractivity contribution in [2.45, 2.75) is 0 Å². The Morgan fingerprint density at radius 3 is 1.55 bits per heavy atom. The highest BCUT2D eigenvalue weighted by atomic mass is 16.5. The van der Waals surface area contributed by atoms with Crippen LogP contribution in [0.1, 0.15) is 21.5 Å². The largest absolute Gasteiger partial charge is 0.457 e. The van der Waals surface area contributed by atoms with E-state index in [0.29, 0.717) is 28.4 Å². The quantitative estimate of drug-likeness (QED) is 0.309. The number of primary amides is 1. The molecule has 8 N–H and O–H groups in total. The first-order valence-corrected chi connectivity index (χ1v) is 8.52. The third-order valence-electron chi connectivity index (χ3n) is 4.01. The Labute approximate surface area is 166 Å². The molecule has 0 saturated heterocycles. The average molecular weight is 389 g/mol. The molecule has 8 heteroatoms. The van der Waals surface area contributed by atoms with Gasteiger partial charge < -0.3 is 26.7 Å². The molecule has 0 atom stereocenters. The Morgan fingerprint density at radius 2 is 1.10 bits per heavy atom. The molecule has 146 valence electrons. The van der Waals surface area contributed by atoms with E-state index in [-0.39, 0.29) is 23.0 Å². The predicted octanol–water partition coefficient (Wildman–Crippen LogP) is 2.94. The molecular formula is C21H19N5O3. The minimum absolute atomic E-state index is 0.0335. The lowest BCUT2D eigenvalue weighted by Gasteiger charge is -2.13. The Kier molecular flexibility index (Phi) is 5.45. The fourth-order valence-electron chi connectivity index (χ4n) is 2.52. The van der Waals surface area contributed by atoms with Crippen molar-refractivity contribution in [1.82, 2.24) is 0 Å².